The Balaban J connectivity index is 1.88. The molecule has 0 radical (unpaired) electrons. The van der Waals surface area contributed by atoms with E-state index in [-0.39, 0.29) is 30.8 Å². The summed E-state index contributed by atoms with van der Waals surface area (Å²) in [4.78, 5) is 36.5. The molecular weight excluding hydrogens is 351 g/mol. The second kappa shape index (κ2) is 7.76. The smallest absolute Gasteiger partial charge is 0.344 e. The Morgan fingerprint density at radius 3 is 2.35 bits per heavy atom. The first-order valence-electron chi connectivity index (χ1n) is 8.12. The number of alkyl halides is 3. The van der Waals surface area contributed by atoms with E-state index in [4.69, 9.17) is 0 Å². The van der Waals surface area contributed by atoms with Crippen LogP contribution in [0, 0.1) is 5.92 Å². The van der Waals surface area contributed by atoms with Crippen molar-refractivity contribution in [2.45, 2.75) is 39.0 Å². The summed E-state index contributed by atoms with van der Waals surface area (Å²) >= 11 is 0. The molecule has 142 valence electrons. The molecule has 1 unspecified atom stereocenters. The van der Waals surface area contributed by atoms with Gasteiger partial charge in [0.2, 0.25) is 11.8 Å². The molecule has 1 aromatic carbocycles. The first-order valence-corrected chi connectivity index (χ1v) is 8.12. The van der Waals surface area contributed by atoms with Gasteiger partial charge in [-0.15, -0.1) is 0 Å². The van der Waals surface area contributed by atoms with E-state index in [0.717, 1.165) is 0 Å². The van der Waals surface area contributed by atoms with Crippen molar-refractivity contribution in [1.82, 2.24) is 10.2 Å². The first-order chi connectivity index (χ1) is 12.1. The maximum atomic E-state index is 12.3. The monoisotopic (exact) mass is 371 g/mol. The maximum Gasteiger partial charge on any atom is 0.471 e. The van der Waals surface area contributed by atoms with Crippen LogP contribution in [-0.4, -0.2) is 41.4 Å². The van der Waals surface area contributed by atoms with Gasteiger partial charge in [-0.2, -0.15) is 13.2 Å². The quantitative estimate of drug-likeness (QED) is 0.832. The number of anilines is 1. The summed E-state index contributed by atoms with van der Waals surface area (Å²) < 4.78 is 36.4. The minimum absolute atomic E-state index is 0.0338. The van der Waals surface area contributed by atoms with Crippen LogP contribution in [0.25, 0.3) is 0 Å². The largest absolute Gasteiger partial charge is 0.471 e. The van der Waals surface area contributed by atoms with Crippen molar-refractivity contribution in [3.63, 3.8) is 0 Å². The fourth-order valence-corrected chi connectivity index (χ4v) is 2.64. The van der Waals surface area contributed by atoms with Crippen molar-refractivity contribution >= 4 is 23.4 Å². The number of carbonyl (C=O) groups excluding carboxylic acids is 3. The average Bonchev–Trinajstić information content (AvgIpc) is 2.95. The molecule has 2 rings (SSSR count). The number of likely N-dealkylation sites (tertiary alicyclic amines) is 1. The number of nitrogens with zero attached hydrogens (tertiary/aromatic N) is 1. The molecule has 1 saturated heterocycles. The highest BCUT2D eigenvalue weighted by Gasteiger charge is 2.38. The van der Waals surface area contributed by atoms with Crippen molar-refractivity contribution in [1.29, 1.82) is 0 Å². The minimum atomic E-state index is -4.92. The van der Waals surface area contributed by atoms with Gasteiger partial charge in [0.05, 0.1) is 5.92 Å². The number of benzene rings is 1. The van der Waals surface area contributed by atoms with E-state index in [2.05, 4.69) is 5.32 Å². The molecule has 1 aliphatic rings. The van der Waals surface area contributed by atoms with Gasteiger partial charge in [0.15, 0.2) is 0 Å². The summed E-state index contributed by atoms with van der Waals surface area (Å²) in [5, 5.41) is 4.46. The van der Waals surface area contributed by atoms with Gasteiger partial charge in [0.25, 0.3) is 0 Å². The van der Waals surface area contributed by atoms with Gasteiger partial charge in [-0.3, -0.25) is 14.4 Å². The Kier molecular flexibility index (Phi) is 5.89. The van der Waals surface area contributed by atoms with E-state index in [1.165, 1.54) is 24.3 Å². The number of rotatable bonds is 5. The molecule has 0 bridgehead atoms. The van der Waals surface area contributed by atoms with Crippen LogP contribution in [0.4, 0.5) is 18.9 Å². The van der Waals surface area contributed by atoms with Crippen LogP contribution in [0.2, 0.25) is 0 Å². The van der Waals surface area contributed by atoms with Crippen LogP contribution in [0.1, 0.15) is 25.8 Å². The molecule has 0 spiro atoms. The summed E-state index contributed by atoms with van der Waals surface area (Å²) in [6.07, 6.45) is -4.76. The average molecular weight is 371 g/mol. The number of hydrogen-bond acceptors (Lipinski definition) is 3. The van der Waals surface area contributed by atoms with Crippen molar-refractivity contribution in [2.75, 3.05) is 11.9 Å². The third-order valence-corrected chi connectivity index (χ3v) is 4.08. The topological polar surface area (TPSA) is 78.5 Å². The van der Waals surface area contributed by atoms with E-state index in [0.29, 0.717) is 17.8 Å². The Morgan fingerprint density at radius 1 is 1.23 bits per heavy atom. The normalized spacial score (nSPS) is 17.5. The number of halogens is 3. The van der Waals surface area contributed by atoms with Crippen LogP contribution >= 0.6 is 0 Å². The Labute approximate surface area is 148 Å². The summed E-state index contributed by atoms with van der Waals surface area (Å²) in [7, 11) is 0. The summed E-state index contributed by atoms with van der Waals surface area (Å²) in [6, 6.07) is 6.11. The molecule has 1 aliphatic heterocycles. The Morgan fingerprint density at radius 2 is 1.85 bits per heavy atom. The van der Waals surface area contributed by atoms with Crippen molar-refractivity contribution in [3.05, 3.63) is 29.8 Å². The van der Waals surface area contributed by atoms with Crippen LogP contribution in [0.15, 0.2) is 24.3 Å². The van der Waals surface area contributed by atoms with Crippen molar-refractivity contribution in [3.8, 4) is 0 Å². The summed E-state index contributed by atoms with van der Waals surface area (Å²) in [5.74, 6) is -2.78. The second-order valence-electron chi connectivity index (χ2n) is 6.41. The van der Waals surface area contributed by atoms with E-state index >= 15 is 0 Å². The molecule has 0 aliphatic carbocycles. The van der Waals surface area contributed by atoms with Gasteiger partial charge in [-0.1, -0.05) is 12.1 Å². The molecule has 26 heavy (non-hydrogen) atoms. The van der Waals surface area contributed by atoms with Gasteiger partial charge in [0, 0.05) is 31.2 Å². The molecule has 1 atom stereocenters. The molecule has 1 aromatic rings. The SMILES string of the molecule is CC(C)N1CC(C(=O)Nc2ccc(CNC(=O)C(F)(F)F)cc2)CC1=O. The molecule has 2 N–H and O–H groups in total. The van der Waals surface area contributed by atoms with Gasteiger partial charge in [-0.05, 0) is 31.5 Å². The number of hydrogen-bond donors (Lipinski definition) is 2. The van der Waals surface area contributed by atoms with Gasteiger partial charge >= 0.3 is 12.1 Å². The van der Waals surface area contributed by atoms with E-state index in [1.54, 1.807) is 10.2 Å². The standard InChI is InChI=1S/C17H20F3N3O3/c1-10(2)23-9-12(7-14(23)24)15(25)22-13-5-3-11(4-6-13)8-21-16(26)17(18,19)20/h3-6,10,12H,7-9H2,1-2H3,(H,21,26)(H,22,25). The molecule has 0 aromatic heterocycles. The predicted octanol–water partition coefficient (Wildman–Crippen LogP) is 2.06. The molecule has 1 heterocycles. The fraction of sp³-hybridized carbons (Fsp3) is 0.471. The van der Waals surface area contributed by atoms with Crippen LogP contribution in [0.5, 0.6) is 0 Å². The molecular formula is C17H20F3N3O3. The highest BCUT2D eigenvalue weighted by molar-refractivity contribution is 5.97. The first kappa shape index (κ1) is 19.7. The lowest BCUT2D eigenvalue weighted by atomic mass is 10.1. The zero-order valence-electron chi connectivity index (χ0n) is 14.4. The van der Waals surface area contributed by atoms with Crippen molar-refractivity contribution in [2.24, 2.45) is 5.92 Å². The van der Waals surface area contributed by atoms with Gasteiger partial charge < -0.3 is 15.5 Å². The zero-order valence-corrected chi connectivity index (χ0v) is 14.4. The molecule has 1 fully saturated rings. The van der Waals surface area contributed by atoms with Crippen LogP contribution < -0.4 is 10.6 Å². The van der Waals surface area contributed by atoms with Crippen LogP contribution in [-0.2, 0) is 20.9 Å². The lowest BCUT2D eigenvalue weighted by molar-refractivity contribution is -0.173. The third kappa shape index (κ3) is 4.96. The van der Waals surface area contributed by atoms with E-state index < -0.39 is 18.0 Å². The third-order valence-electron chi connectivity index (χ3n) is 4.08. The van der Waals surface area contributed by atoms with Crippen LogP contribution in [0.3, 0.4) is 0 Å². The van der Waals surface area contributed by atoms with E-state index in [1.807, 2.05) is 13.8 Å². The van der Waals surface area contributed by atoms with Gasteiger partial charge in [-0.25, -0.2) is 0 Å². The number of nitrogens with one attached hydrogen (secondary N) is 2. The predicted molar refractivity (Wildman–Crippen MR) is 87.9 cm³/mol. The second-order valence-corrected chi connectivity index (χ2v) is 6.41. The molecule has 6 nitrogen and oxygen atoms in total. The zero-order chi connectivity index (χ0) is 19.5. The fourth-order valence-electron chi connectivity index (χ4n) is 2.64. The summed E-state index contributed by atoms with van der Waals surface area (Å²) in [6.45, 7) is 3.86. The maximum absolute atomic E-state index is 12.3. The highest BCUT2D eigenvalue weighted by atomic mass is 19.4. The van der Waals surface area contributed by atoms with Gasteiger partial charge in [0.1, 0.15) is 0 Å². The lowest BCUT2D eigenvalue weighted by Gasteiger charge is -2.20. The number of amides is 3. The molecule has 0 saturated carbocycles. The number of carbonyl (C=O) groups is 3. The Hall–Kier alpha value is -2.58. The lowest BCUT2D eigenvalue weighted by Crippen LogP contribution is -2.36. The minimum Gasteiger partial charge on any atom is -0.344 e. The molecule has 9 heteroatoms. The van der Waals surface area contributed by atoms with E-state index in [9.17, 15) is 27.6 Å². The van der Waals surface area contributed by atoms with Crippen molar-refractivity contribution < 1.29 is 27.6 Å². The highest BCUT2D eigenvalue weighted by Crippen LogP contribution is 2.22. The Bertz CT molecular complexity index is 687. The molecule has 3 amide bonds. The summed E-state index contributed by atoms with van der Waals surface area (Å²) in [5.41, 5.74) is 0.930.